The number of alkyl halides is 1. The van der Waals surface area contributed by atoms with Crippen LogP contribution in [0, 0.1) is 5.82 Å². The second-order valence-corrected chi connectivity index (χ2v) is 12.2. The van der Waals surface area contributed by atoms with Crippen LogP contribution < -0.4 is 14.5 Å². The van der Waals surface area contributed by atoms with Crippen LogP contribution in [0.4, 0.5) is 20.2 Å². The smallest absolute Gasteiger partial charge is 0.337 e. The molecule has 0 radical (unpaired) electrons. The Balaban J connectivity index is 1.19. The molecule has 2 unspecified atom stereocenters. The molecule has 7 rings (SSSR count). The van der Waals surface area contributed by atoms with Gasteiger partial charge in [-0.15, -0.1) is 0 Å². The van der Waals surface area contributed by atoms with Gasteiger partial charge in [0.1, 0.15) is 17.7 Å². The fourth-order valence-corrected chi connectivity index (χ4v) is 7.17. The van der Waals surface area contributed by atoms with E-state index >= 15 is 4.39 Å². The third-order valence-corrected chi connectivity index (χ3v) is 9.27. The van der Waals surface area contributed by atoms with Crippen LogP contribution in [0.5, 0.6) is 5.75 Å². The van der Waals surface area contributed by atoms with Crippen LogP contribution in [-0.4, -0.2) is 73.2 Å². The Morgan fingerprint density at radius 2 is 1.67 bits per heavy atom. The number of ether oxygens (including phenoxy) is 2. The van der Waals surface area contributed by atoms with Crippen LogP contribution in [0.15, 0.2) is 42.5 Å². The Bertz CT molecular complexity index is 1610. The molecule has 224 valence electrons. The first-order valence-electron chi connectivity index (χ1n) is 14.0. The van der Waals surface area contributed by atoms with Crippen LogP contribution in [0.25, 0.3) is 11.1 Å². The molecule has 3 saturated heterocycles. The van der Waals surface area contributed by atoms with Crippen molar-refractivity contribution in [2.75, 3.05) is 42.8 Å². The fourth-order valence-electron chi connectivity index (χ4n) is 6.53. The van der Waals surface area contributed by atoms with Crippen molar-refractivity contribution in [3.05, 3.63) is 75.0 Å². The normalized spacial score (nSPS) is 21.3. The first-order chi connectivity index (χ1) is 20.7. The molecule has 3 aromatic rings. The average molecular weight is 630 g/mol. The molecule has 1 N–H and O–H groups in total. The van der Waals surface area contributed by atoms with Crippen molar-refractivity contribution in [2.45, 2.75) is 37.6 Å². The highest BCUT2D eigenvalue weighted by molar-refractivity contribution is 6.40. The minimum atomic E-state index is -1.20. The lowest BCUT2D eigenvalue weighted by Gasteiger charge is -2.37. The van der Waals surface area contributed by atoms with Gasteiger partial charge in [-0.1, -0.05) is 41.4 Å². The number of carbonyl (C=O) groups excluding carboxylic acids is 1. The van der Waals surface area contributed by atoms with Gasteiger partial charge in [-0.05, 0) is 37.1 Å². The standard InChI is InChI=1S/C31H27Cl2F2N3O5/c32-24-6-20(36-11-17(34)12-36)7-25(33)28(24)30(39)37-10-16-2-1-3-21(29(16)43-15-37)22-9-27(23(31(40)41)8-26(22)35)38-18-4-5-19(38)14-42-13-18/h1-3,6-9,17-19H,4-5,10-15H2,(H,40,41). The van der Waals surface area contributed by atoms with Crippen LogP contribution in [0.1, 0.15) is 39.1 Å². The molecule has 0 aromatic heterocycles. The molecule has 4 aliphatic rings. The number of carbonyl (C=O) groups is 2. The predicted molar refractivity (Wildman–Crippen MR) is 158 cm³/mol. The molecular formula is C31H27Cl2F2N3O5. The Kier molecular flexibility index (Phi) is 7.10. The molecule has 3 fully saturated rings. The zero-order valence-corrected chi connectivity index (χ0v) is 24.4. The van der Waals surface area contributed by atoms with Gasteiger partial charge in [0, 0.05) is 22.4 Å². The maximum absolute atomic E-state index is 15.6. The number of amides is 1. The minimum absolute atomic E-state index is 0.0231. The molecule has 4 heterocycles. The van der Waals surface area contributed by atoms with E-state index in [0.29, 0.717) is 41.5 Å². The molecule has 43 heavy (non-hydrogen) atoms. The first kappa shape index (κ1) is 28.2. The first-order valence-corrected chi connectivity index (χ1v) is 14.8. The van der Waals surface area contributed by atoms with Gasteiger partial charge in [-0.2, -0.15) is 0 Å². The highest BCUT2D eigenvalue weighted by Gasteiger charge is 2.40. The largest absolute Gasteiger partial charge is 0.478 e. The zero-order chi connectivity index (χ0) is 30.0. The number of hydrogen-bond acceptors (Lipinski definition) is 6. The second-order valence-electron chi connectivity index (χ2n) is 11.3. The number of hydrogen-bond donors (Lipinski definition) is 1. The Labute approximate surface area is 256 Å². The molecule has 1 amide bonds. The number of aromatic carboxylic acids is 1. The predicted octanol–water partition coefficient (Wildman–Crippen LogP) is 6.02. The maximum atomic E-state index is 15.6. The SMILES string of the molecule is O=C(O)c1cc(F)c(-c2cccc3c2OCN(C(=O)c2c(Cl)cc(N4CC(F)C4)cc2Cl)C3)cc1N1C2CCC1COC2. The third-order valence-electron chi connectivity index (χ3n) is 8.68. The van der Waals surface area contributed by atoms with Gasteiger partial charge < -0.3 is 29.3 Å². The van der Waals surface area contributed by atoms with Crippen LogP contribution in [-0.2, 0) is 11.3 Å². The van der Waals surface area contributed by atoms with E-state index in [-0.39, 0.29) is 65.2 Å². The summed E-state index contributed by atoms with van der Waals surface area (Å²) < 4.78 is 40.7. The van der Waals surface area contributed by atoms with Gasteiger partial charge in [0.05, 0.1) is 71.8 Å². The lowest BCUT2D eigenvalue weighted by Crippen LogP contribution is -2.48. The van der Waals surface area contributed by atoms with E-state index < -0.39 is 23.9 Å². The van der Waals surface area contributed by atoms with Crippen molar-refractivity contribution in [1.29, 1.82) is 0 Å². The van der Waals surface area contributed by atoms with E-state index in [2.05, 4.69) is 4.90 Å². The summed E-state index contributed by atoms with van der Waals surface area (Å²) in [6, 6.07) is 11.2. The van der Waals surface area contributed by atoms with Gasteiger partial charge in [0.15, 0.2) is 6.73 Å². The third kappa shape index (κ3) is 4.85. The number of nitrogens with zero attached hydrogens (tertiary/aromatic N) is 3. The van der Waals surface area contributed by atoms with E-state index in [4.69, 9.17) is 32.7 Å². The van der Waals surface area contributed by atoms with Gasteiger partial charge in [-0.25, -0.2) is 13.6 Å². The Morgan fingerprint density at radius 3 is 2.33 bits per heavy atom. The Hall–Kier alpha value is -3.60. The van der Waals surface area contributed by atoms with Crippen molar-refractivity contribution >= 4 is 46.5 Å². The molecule has 2 atom stereocenters. The van der Waals surface area contributed by atoms with Crippen molar-refractivity contribution in [2.24, 2.45) is 0 Å². The molecule has 0 aliphatic carbocycles. The van der Waals surface area contributed by atoms with E-state index in [9.17, 15) is 19.1 Å². The Morgan fingerprint density at radius 1 is 0.977 bits per heavy atom. The van der Waals surface area contributed by atoms with Gasteiger partial charge in [-0.3, -0.25) is 4.79 Å². The highest BCUT2D eigenvalue weighted by Crippen LogP contribution is 2.43. The number of carboxylic acid groups (broad SMARTS) is 1. The van der Waals surface area contributed by atoms with Crippen molar-refractivity contribution in [1.82, 2.24) is 4.90 Å². The summed E-state index contributed by atoms with van der Waals surface area (Å²) >= 11 is 13.0. The number of fused-ring (bicyclic) bond motifs is 3. The number of carboxylic acids is 1. The molecule has 8 nitrogen and oxygen atoms in total. The van der Waals surface area contributed by atoms with Crippen molar-refractivity contribution < 1.29 is 33.0 Å². The topological polar surface area (TPSA) is 82.5 Å². The summed E-state index contributed by atoms with van der Waals surface area (Å²) in [5.41, 5.74) is 2.44. The monoisotopic (exact) mass is 629 g/mol. The molecule has 2 bridgehead atoms. The molecule has 3 aromatic carbocycles. The number of para-hydroxylation sites is 1. The van der Waals surface area contributed by atoms with Crippen LogP contribution in [0.2, 0.25) is 10.0 Å². The van der Waals surface area contributed by atoms with Crippen LogP contribution in [0.3, 0.4) is 0 Å². The molecule has 4 aliphatic heterocycles. The zero-order valence-electron chi connectivity index (χ0n) is 22.9. The lowest BCUT2D eigenvalue weighted by molar-refractivity contribution is 0.0516. The van der Waals surface area contributed by atoms with Gasteiger partial charge >= 0.3 is 5.97 Å². The fraction of sp³-hybridized carbons (Fsp3) is 0.355. The van der Waals surface area contributed by atoms with Gasteiger partial charge in [0.2, 0.25) is 0 Å². The second kappa shape index (κ2) is 10.8. The summed E-state index contributed by atoms with van der Waals surface area (Å²) in [6.07, 6.45) is 0.841. The van der Waals surface area contributed by atoms with Crippen molar-refractivity contribution in [3.8, 4) is 16.9 Å². The summed E-state index contributed by atoms with van der Waals surface area (Å²) in [4.78, 5) is 31.0. The van der Waals surface area contributed by atoms with E-state index in [0.717, 1.165) is 18.9 Å². The van der Waals surface area contributed by atoms with Gasteiger partial charge in [0.25, 0.3) is 5.91 Å². The number of halogens is 4. The molecule has 0 saturated carbocycles. The summed E-state index contributed by atoms with van der Waals surface area (Å²) in [5, 5.41) is 10.2. The summed E-state index contributed by atoms with van der Waals surface area (Å²) in [5.74, 6) is -1.91. The molecule has 0 spiro atoms. The average Bonchev–Trinajstić information content (AvgIpc) is 3.21. The molecular weight excluding hydrogens is 603 g/mol. The highest BCUT2D eigenvalue weighted by atomic mass is 35.5. The van der Waals surface area contributed by atoms with Crippen LogP contribution >= 0.6 is 23.2 Å². The van der Waals surface area contributed by atoms with E-state index in [1.165, 1.54) is 4.90 Å². The molecule has 12 heteroatoms. The van der Waals surface area contributed by atoms with E-state index in [1.54, 1.807) is 41.3 Å². The maximum Gasteiger partial charge on any atom is 0.337 e. The summed E-state index contributed by atoms with van der Waals surface area (Å²) in [7, 11) is 0. The van der Waals surface area contributed by atoms with E-state index in [1.807, 2.05) is 0 Å². The number of anilines is 2. The number of rotatable bonds is 5. The number of benzene rings is 3. The van der Waals surface area contributed by atoms with Crippen molar-refractivity contribution in [3.63, 3.8) is 0 Å². The number of morpholine rings is 1. The minimum Gasteiger partial charge on any atom is -0.478 e. The summed E-state index contributed by atoms with van der Waals surface area (Å²) in [6.45, 7) is 1.48. The quantitative estimate of drug-likeness (QED) is 0.370. The lowest BCUT2D eigenvalue weighted by atomic mass is 9.96.